The first-order chi connectivity index (χ1) is 11.5. The molecule has 0 bridgehead atoms. The number of aromatic nitrogens is 2. The molecule has 0 fully saturated rings. The minimum Gasteiger partial charge on any atom is -0.497 e. The van der Waals surface area contributed by atoms with Gasteiger partial charge < -0.3 is 9.47 Å². The van der Waals surface area contributed by atoms with E-state index in [1.54, 1.807) is 42.6 Å². The van der Waals surface area contributed by atoms with Crippen molar-refractivity contribution in [2.24, 2.45) is 0 Å². The summed E-state index contributed by atoms with van der Waals surface area (Å²) in [5, 5.41) is 6.68. The molecule has 0 saturated heterocycles. The number of benzene rings is 1. The summed E-state index contributed by atoms with van der Waals surface area (Å²) < 4.78 is 38.3. The van der Waals surface area contributed by atoms with E-state index in [0.29, 0.717) is 17.2 Å². The van der Waals surface area contributed by atoms with Gasteiger partial charge in [0.05, 0.1) is 30.5 Å². The van der Waals surface area contributed by atoms with Crippen LogP contribution in [0, 0.1) is 0 Å². The third kappa shape index (κ3) is 3.22. The number of sulfonamides is 1. The van der Waals surface area contributed by atoms with Crippen molar-refractivity contribution >= 4 is 27.0 Å². The van der Waals surface area contributed by atoms with Gasteiger partial charge in [0, 0.05) is 12.3 Å². The van der Waals surface area contributed by atoms with Crippen molar-refractivity contribution in [2.75, 3.05) is 18.9 Å². The van der Waals surface area contributed by atoms with Gasteiger partial charge in [-0.25, -0.2) is 8.42 Å². The summed E-state index contributed by atoms with van der Waals surface area (Å²) in [6.07, 6.45) is 1.61. The molecule has 1 aromatic carbocycles. The van der Waals surface area contributed by atoms with Crippen LogP contribution in [0.5, 0.6) is 11.5 Å². The number of hydrogen-bond donors (Lipinski definition) is 2. The summed E-state index contributed by atoms with van der Waals surface area (Å²) in [5.74, 6) is 0.933. The summed E-state index contributed by atoms with van der Waals surface area (Å²) in [6, 6.07) is 9.96. The molecular formula is C15H15N3O4S2. The first-order valence-electron chi connectivity index (χ1n) is 6.88. The highest BCUT2D eigenvalue weighted by atomic mass is 32.2. The van der Waals surface area contributed by atoms with Crippen LogP contribution in [0.2, 0.25) is 0 Å². The van der Waals surface area contributed by atoms with Crippen molar-refractivity contribution < 1.29 is 17.9 Å². The van der Waals surface area contributed by atoms with Crippen LogP contribution in [0.25, 0.3) is 10.6 Å². The minimum atomic E-state index is -3.74. The molecule has 0 aliphatic rings. The van der Waals surface area contributed by atoms with Crippen LogP contribution in [0.4, 0.5) is 5.69 Å². The quantitative estimate of drug-likeness (QED) is 0.700. The SMILES string of the molecule is COc1ccc(OC)c(NS(=O)(=O)c2ccc(-c3ccn[nH]3)s2)c1. The third-order valence-electron chi connectivity index (χ3n) is 3.26. The van der Waals surface area contributed by atoms with E-state index in [0.717, 1.165) is 21.9 Å². The number of ether oxygens (including phenoxy) is 2. The van der Waals surface area contributed by atoms with Crippen LogP contribution in [-0.2, 0) is 10.0 Å². The van der Waals surface area contributed by atoms with Crippen LogP contribution >= 0.6 is 11.3 Å². The highest BCUT2D eigenvalue weighted by molar-refractivity contribution is 7.94. The van der Waals surface area contributed by atoms with Gasteiger partial charge in [0.15, 0.2) is 0 Å². The molecule has 3 aromatic rings. The van der Waals surface area contributed by atoms with Crippen molar-refractivity contribution in [3.8, 4) is 22.1 Å². The van der Waals surface area contributed by atoms with Crippen LogP contribution in [0.1, 0.15) is 0 Å². The van der Waals surface area contributed by atoms with E-state index in [2.05, 4.69) is 14.9 Å². The number of aromatic amines is 1. The van der Waals surface area contributed by atoms with Crippen molar-refractivity contribution in [3.63, 3.8) is 0 Å². The molecule has 24 heavy (non-hydrogen) atoms. The summed E-state index contributed by atoms with van der Waals surface area (Å²) in [5.41, 5.74) is 1.08. The summed E-state index contributed by atoms with van der Waals surface area (Å²) in [6.45, 7) is 0. The Labute approximate surface area is 143 Å². The van der Waals surface area contributed by atoms with Crippen LogP contribution in [0.3, 0.4) is 0 Å². The Morgan fingerprint density at radius 1 is 1.12 bits per heavy atom. The molecule has 2 heterocycles. The van der Waals surface area contributed by atoms with Crippen molar-refractivity contribution in [3.05, 3.63) is 42.6 Å². The van der Waals surface area contributed by atoms with E-state index in [4.69, 9.17) is 9.47 Å². The fourth-order valence-electron chi connectivity index (χ4n) is 2.09. The Kier molecular flexibility index (Phi) is 4.45. The predicted molar refractivity (Wildman–Crippen MR) is 92.3 cm³/mol. The molecule has 0 unspecified atom stereocenters. The average Bonchev–Trinajstić information content (AvgIpc) is 3.25. The lowest BCUT2D eigenvalue weighted by atomic mass is 10.3. The molecule has 0 aliphatic heterocycles. The minimum absolute atomic E-state index is 0.192. The molecule has 0 spiro atoms. The van der Waals surface area contributed by atoms with Crippen LogP contribution in [-0.4, -0.2) is 32.8 Å². The number of H-pyrrole nitrogens is 1. The van der Waals surface area contributed by atoms with Crippen LogP contribution < -0.4 is 14.2 Å². The van der Waals surface area contributed by atoms with Gasteiger partial charge in [-0.2, -0.15) is 5.10 Å². The number of hydrogen-bond acceptors (Lipinski definition) is 6. The Hall–Kier alpha value is -2.52. The zero-order chi connectivity index (χ0) is 17.2. The molecule has 0 saturated carbocycles. The molecule has 0 atom stereocenters. The van der Waals surface area contributed by atoms with E-state index < -0.39 is 10.0 Å². The normalized spacial score (nSPS) is 11.2. The highest BCUT2D eigenvalue weighted by Gasteiger charge is 2.20. The number of nitrogens with one attached hydrogen (secondary N) is 2. The second-order valence-electron chi connectivity index (χ2n) is 4.76. The number of nitrogens with zero attached hydrogens (tertiary/aromatic N) is 1. The van der Waals surface area contributed by atoms with Crippen molar-refractivity contribution in [2.45, 2.75) is 4.21 Å². The molecule has 3 rings (SSSR count). The number of thiophene rings is 1. The predicted octanol–water partition coefficient (Wildman–Crippen LogP) is 2.96. The molecular weight excluding hydrogens is 350 g/mol. The molecule has 0 amide bonds. The van der Waals surface area contributed by atoms with Crippen molar-refractivity contribution in [1.29, 1.82) is 0 Å². The fraction of sp³-hybridized carbons (Fsp3) is 0.133. The average molecular weight is 365 g/mol. The Morgan fingerprint density at radius 3 is 2.62 bits per heavy atom. The van der Waals surface area contributed by atoms with E-state index in [1.165, 1.54) is 14.2 Å². The Balaban J connectivity index is 1.92. The molecule has 2 aromatic heterocycles. The third-order valence-corrected chi connectivity index (χ3v) is 6.24. The highest BCUT2D eigenvalue weighted by Crippen LogP contribution is 2.34. The maximum Gasteiger partial charge on any atom is 0.271 e. The molecule has 9 heteroatoms. The lowest BCUT2D eigenvalue weighted by molar-refractivity contribution is 0.405. The second kappa shape index (κ2) is 6.54. The van der Waals surface area contributed by atoms with Crippen LogP contribution in [0.15, 0.2) is 46.8 Å². The fourth-order valence-corrected chi connectivity index (χ4v) is 4.43. The summed E-state index contributed by atoms with van der Waals surface area (Å²) >= 11 is 1.15. The smallest absolute Gasteiger partial charge is 0.271 e. The lowest BCUT2D eigenvalue weighted by Gasteiger charge is -2.12. The van der Waals surface area contributed by atoms with Gasteiger partial charge in [0.25, 0.3) is 10.0 Å². The lowest BCUT2D eigenvalue weighted by Crippen LogP contribution is -2.12. The molecule has 7 nitrogen and oxygen atoms in total. The standard InChI is InChI=1S/C15H15N3O4S2/c1-21-10-3-4-13(22-2)12(9-10)18-24(19,20)15-6-5-14(23-15)11-7-8-16-17-11/h3-9,18H,1-2H3,(H,16,17). The van der Waals surface area contributed by atoms with E-state index in [9.17, 15) is 8.42 Å². The molecule has 126 valence electrons. The molecule has 0 radical (unpaired) electrons. The van der Waals surface area contributed by atoms with Gasteiger partial charge in [-0.05, 0) is 30.3 Å². The first-order valence-corrected chi connectivity index (χ1v) is 9.18. The first kappa shape index (κ1) is 16.3. The molecule has 2 N–H and O–H groups in total. The van der Waals surface area contributed by atoms with Gasteiger partial charge in [0.2, 0.25) is 0 Å². The van der Waals surface area contributed by atoms with E-state index >= 15 is 0 Å². The maximum atomic E-state index is 12.6. The number of methoxy groups -OCH3 is 2. The molecule has 0 aliphatic carbocycles. The monoisotopic (exact) mass is 365 g/mol. The largest absolute Gasteiger partial charge is 0.497 e. The summed E-state index contributed by atoms with van der Waals surface area (Å²) in [4.78, 5) is 0.783. The second-order valence-corrected chi connectivity index (χ2v) is 7.75. The van der Waals surface area contributed by atoms with Gasteiger partial charge >= 0.3 is 0 Å². The van der Waals surface area contributed by atoms with Gasteiger partial charge in [-0.15, -0.1) is 11.3 Å². The van der Waals surface area contributed by atoms with E-state index in [1.807, 2.05) is 0 Å². The topological polar surface area (TPSA) is 93.3 Å². The zero-order valence-electron chi connectivity index (χ0n) is 12.9. The number of rotatable bonds is 6. The van der Waals surface area contributed by atoms with Gasteiger partial charge in [-0.1, -0.05) is 0 Å². The Morgan fingerprint density at radius 2 is 1.96 bits per heavy atom. The number of anilines is 1. The van der Waals surface area contributed by atoms with Crippen molar-refractivity contribution in [1.82, 2.24) is 10.2 Å². The maximum absolute atomic E-state index is 12.6. The Bertz CT molecular complexity index is 934. The summed E-state index contributed by atoms with van der Waals surface area (Å²) in [7, 11) is -0.759. The van der Waals surface area contributed by atoms with Gasteiger partial charge in [0.1, 0.15) is 15.7 Å². The van der Waals surface area contributed by atoms with E-state index in [-0.39, 0.29) is 4.21 Å². The zero-order valence-corrected chi connectivity index (χ0v) is 14.6. The van der Waals surface area contributed by atoms with Gasteiger partial charge in [-0.3, -0.25) is 9.82 Å².